The largest absolute Gasteiger partial charge is 0.505 e. The monoisotopic (exact) mass is 409 g/mol. The predicted octanol–water partition coefficient (Wildman–Crippen LogP) is 2.85. The lowest BCUT2D eigenvalue weighted by molar-refractivity contribution is -0.140. The van der Waals surface area contributed by atoms with Crippen molar-refractivity contribution in [2.45, 2.75) is 13.0 Å². The summed E-state index contributed by atoms with van der Waals surface area (Å²) in [6, 6.07) is 10.1. The van der Waals surface area contributed by atoms with Gasteiger partial charge in [-0.1, -0.05) is 24.3 Å². The summed E-state index contributed by atoms with van der Waals surface area (Å²) in [4.78, 5) is 31.4. The Kier molecular flexibility index (Phi) is 5.09. The van der Waals surface area contributed by atoms with Crippen molar-refractivity contribution < 1.29 is 23.8 Å². The topological polar surface area (TPSA) is 84.1 Å². The number of nitrogens with zero attached hydrogens (tertiary/aromatic N) is 3. The van der Waals surface area contributed by atoms with Crippen LogP contribution in [0.5, 0.6) is 0 Å². The maximum absolute atomic E-state index is 14.7. The molecule has 1 N–H and O–H groups in total. The molecule has 0 saturated carbocycles. The number of rotatable bonds is 5. The number of ketones is 1. The van der Waals surface area contributed by atoms with Gasteiger partial charge < -0.3 is 14.7 Å². The van der Waals surface area contributed by atoms with Crippen LogP contribution in [0.25, 0.3) is 11.4 Å². The summed E-state index contributed by atoms with van der Waals surface area (Å²) in [7, 11) is 1.47. The molecule has 1 aliphatic heterocycles. The molecule has 0 aliphatic carbocycles. The molecule has 1 atom stereocenters. The number of aryl methyl sites for hydroxylation is 1. The van der Waals surface area contributed by atoms with Crippen LogP contribution in [0.3, 0.4) is 0 Å². The molecule has 4 rings (SSSR count). The van der Waals surface area contributed by atoms with Crippen molar-refractivity contribution >= 4 is 23.1 Å². The summed E-state index contributed by atoms with van der Waals surface area (Å²) in [5.41, 5.74) is 1.30. The Bertz CT molecular complexity index is 1180. The number of ether oxygens (including phenoxy) is 1. The van der Waals surface area contributed by atoms with Crippen LogP contribution in [-0.4, -0.2) is 51.3 Å². The molecular weight excluding hydrogens is 389 g/mol. The SMILES string of the molecule is COCCN1C(=O)C(=O)C(=C(O)c2c(C)nc3ccccn23)C1c1ccccc1F. The van der Waals surface area contributed by atoms with Crippen LogP contribution in [0.4, 0.5) is 4.39 Å². The minimum Gasteiger partial charge on any atom is -0.505 e. The molecule has 2 aromatic heterocycles. The van der Waals surface area contributed by atoms with Gasteiger partial charge in [0.25, 0.3) is 11.7 Å². The average molecular weight is 409 g/mol. The summed E-state index contributed by atoms with van der Waals surface area (Å²) in [6.45, 7) is 1.93. The zero-order valence-electron chi connectivity index (χ0n) is 16.5. The van der Waals surface area contributed by atoms with Crippen molar-refractivity contribution in [3.05, 3.63) is 77.0 Å². The van der Waals surface area contributed by atoms with E-state index in [2.05, 4.69) is 4.98 Å². The van der Waals surface area contributed by atoms with E-state index in [1.807, 2.05) is 0 Å². The molecule has 154 valence electrons. The smallest absolute Gasteiger partial charge is 0.295 e. The molecule has 7 nitrogen and oxygen atoms in total. The molecule has 1 amide bonds. The Morgan fingerprint density at radius 3 is 2.67 bits per heavy atom. The highest BCUT2D eigenvalue weighted by atomic mass is 19.1. The number of hydrogen-bond acceptors (Lipinski definition) is 5. The number of halogens is 1. The third-order valence-corrected chi connectivity index (χ3v) is 5.20. The van der Waals surface area contributed by atoms with E-state index in [1.54, 1.807) is 41.8 Å². The van der Waals surface area contributed by atoms with Crippen LogP contribution in [0.15, 0.2) is 54.2 Å². The minimum absolute atomic E-state index is 0.0724. The highest BCUT2D eigenvalue weighted by Gasteiger charge is 2.47. The second-order valence-corrected chi connectivity index (χ2v) is 6.98. The summed E-state index contributed by atoms with van der Waals surface area (Å²) < 4.78 is 21.4. The standard InChI is InChI=1S/C22H20FN3O4/c1-13-18(25-10-6-5-9-16(25)24-13)20(27)17-19(14-7-3-4-8-15(14)23)26(11-12-30-2)22(29)21(17)28/h3-10,19,27H,11-12H2,1-2H3. The molecule has 30 heavy (non-hydrogen) atoms. The van der Waals surface area contributed by atoms with Gasteiger partial charge in [-0.2, -0.15) is 0 Å². The number of carbonyl (C=O) groups is 2. The van der Waals surface area contributed by atoms with Crippen molar-refractivity contribution in [2.75, 3.05) is 20.3 Å². The maximum Gasteiger partial charge on any atom is 0.295 e. The first-order valence-corrected chi connectivity index (χ1v) is 9.41. The number of aliphatic hydroxyl groups is 1. The van der Waals surface area contributed by atoms with E-state index in [4.69, 9.17) is 4.74 Å². The van der Waals surface area contributed by atoms with Crippen molar-refractivity contribution in [3.63, 3.8) is 0 Å². The highest BCUT2D eigenvalue weighted by molar-refractivity contribution is 6.46. The number of methoxy groups -OCH3 is 1. The Morgan fingerprint density at radius 1 is 1.20 bits per heavy atom. The molecule has 1 aromatic carbocycles. The zero-order valence-corrected chi connectivity index (χ0v) is 16.5. The van der Waals surface area contributed by atoms with Crippen molar-refractivity contribution in [1.29, 1.82) is 0 Å². The molecule has 0 bridgehead atoms. The van der Waals surface area contributed by atoms with Crippen LogP contribution < -0.4 is 0 Å². The molecule has 1 fully saturated rings. The summed E-state index contributed by atoms with van der Waals surface area (Å²) in [5, 5.41) is 11.2. The number of benzene rings is 1. The first-order valence-electron chi connectivity index (χ1n) is 9.41. The van der Waals surface area contributed by atoms with Crippen LogP contribution >= 0.6 is 0 Å². The highest BCUT2D eigenvalue weighted by Crippen LogP contribution is 2.40. The van der Waals surface area contributed by atoms with Gasteiger partial charge in [0.1, 0.15) is 17.2 Å². The van der Waals surface area contributed by atoms with E-state index in [0.717, 1.165) is 0 Å². The molecule has 0 spiro atoms. The van der Waals surface area contributed by atoms with Crippen LogP contribution in [-0.2, 0) is 14.3 Å². The third-order valence-electron chi connectivity index (χ3n) is 5.20. The van der Waals surface area contributed by atoms with E-state index in [-0.39, 0.29) is 30.0 Å². The Hall–Kier alpha value is -3.52. The van der Waals surface area contributed by atoms with Gasteiger partial charge in [0.15, 0.2) is 5.76 Å². The second-order valence-electron chi connectivity index (χ2n) is 6.98. The van der Waals surface area contributed by atoms with Gasteiger partial charge >= 0.3 is 0 Å². The number of amides is 1. The van der Waals surface area contributed by atoms with Crippen LogP contribution in [0.2, 0.25) is 0 Å². The first-order chi connectivity index (χ1) is 14.5. The number of aromatic nitrogens is 2. The molecule has 1 aliphatic rings. The zero-order chi connectivity index (χ0) is 21.4. The van der Waals surface area contributed by atoms with E-state index >= 15 is 0 Å². The number of pyridine rings is 1. The van der Waals surface area contributed by atoms with E-state index < -0.39 is 29.3 Å². The minimum atomic E-state index is -1.07. The quantitative estimate of drug-likeness (QED) is 0.398. The van der Waals surface area contributed by atoms with Gasteiger partial charge in [-0.25, -0.2) is 9.37 Å². The molecule has 1 unspecified atom stereocenters. The van der Waals surface area contributed by atoms with Crippen molar-refractivity contribution in [1.82, 2.24) is 14.3 Å². The van der Waals surface area contributed by atoms with E-state index in [0.29, 0.717) is 11.3 Å². The number of likely N-dealkylation sites (tertiary alicyclic amines) is 1. The van der Waals surface area contributed by atoms with Crippen molar-refractivity contribution in [2.24, 2.45) is 0 Å². The number of imidazole rings is 1. The lowest BCUT2D eigenvalue weighted by Gasteiger charge is -2.25. The van der Waals surface area contributed by atoms with Gasteiger partial charge in [-0.3, -0.25) is 14.0 Å². The number of hydrogen-bond donors (Lipinski definition) is 1. The molecule has 8 heteroatoms. The lowest BCUT2D eigenvalue weighted by atomic mass is 9.96. The fourth-order valence-electron chi connectivity index (χ4n) is 3.85. The maximum atomic E-state index is 14.7. The summed E-state index contributed by atoms with van der Waals surface area (Å²) in [6.07, 6.45) is 1.70. The molecule has 1 saturated heterocycles. The molecule has 3 aromatic rings. The summed E-state index contributed by atoms with van der Waals surface area (Å²) >= 11 is 0. The summed E-state index contributed by atoms with van der Waals surface area (Å²) in [5.74, 6) is -2.65. The van der Waals surface area contributed by atoms with Crippen LogP contribution in [0, 0.1) is 12.7 Å². The first kappa shape index (κ1) is 19.8. The van der Waals surface area contributed by atoms with E-state index in [9.17, 15) is 19.1 Å². The molecular formula is C22H20FN3O4. The molecule has 3 heterocycles. The normalized spacial score (nSPS) is 18.5. The Labute approximate surface area is 172 Å². The number of carbonyl (C=O) groups excluding carboxylic acids is 2. The fourth-order valence-corrected chi connectivity index (χ4v) is 3.85. The van der Waals surface area contributed by atoms with Crippen molar-refractivity contribution in [3.8, 4) is 0 Å². The fraction of sp³-hybridized carbons (Fsp3) is 0.227. The van der Waals surface area contributed by atoms with Gasteiger partial charge in [-0.15, -0.1) is 0 Å². The predicted molar refractivity (Wildman–Crippen MR) is 107 cm³/mol. The third kappa shape index (κ3) is 3.05. The van der Waals surface area contributed by atoms with E-state index in [1.165, 1.54) is 30.2 Å². The molecule has 0 radical (unpaired) electrons. The lowest BCUT2D eigenvalue weighted by Crippen LogP contribution is -2.33. The Morgan fingerprint density at radius 2 is 1.93 bits per heavy atom. The Balaban J connectivity index is 1.97. The number of aliphatic hydroxyl groups excluding tert-OH is 1. The van der Waals surface area contributed by atoms with Gasteiger partial charge in [-0.05, 0) is 25.1 Å². The number of Topliss-reactive ketones (excluding diaryl/α,β-unsaturated/α-hetero) is 1. The van der Waals surface area contributed by atoms with Gasteiger partial charge in [0.05, 0.1) is 23.9 Å². The average Bonchev–Trinajstić information content (AvgIpc) is 3.20. The van der Waals surface area contributed by atoms with Gasteiger partial charge in [0, 0.05) is 25.4 Å². The second kappa shape index (κ2) is 7.72. The van der Waals surface area contributed by atoms with Gasteiger partial charge in [0.2, 0.25) is 0 Å². The number of fused-ring (bicyclic) bond motifs is 1. The van der Waals surface area contributed by atoms with Crippen LogP contribution in [0.1, 0.15) is 23.0 Å².